The molecule has 1 nitrogen and oxygen atoms in total. The van der Waals surface area contributed by atoms with E-state index < -0.39 is 0 Å². The minimum Gasteiger partial charge on any atom is -0.309 e. The molecule has 0 amide bonds. The predicted octanol–water partition coefficient (Wildman–Crippen LogP) is 15.8. The van der Waals surface area contributed by atoms with Gasteiger partial charge in [0.1, 0.15) is 0 Å². The number of fused-ring (bicyclic) bond motifs is 3. The third kappa shape index (κ3) is 6.32. The smallest absolute Gasteiger partial charge is 0.0618 e. The molecule has 0 saturated carbocycles. The maximum atomic E-state index is 2.50. The Hall–Kier alpha value is -7.22. The van der Waals surface area contributed by atoms with E-state index in [-0.39, 0.29) is 5.41 Å². The van der Waals surface area contributed by atoms with Crippen LogP contribution in [0.1, 0.15) is 25.0 Å². The molecule has 0 fully saturated rings. The van der Waals surface area contributed by atoms with Crippen LogP contribution in [-0.4, -0.2) is 0 Å². The molecule has 58 heavy (non-hydrogen) atoms. The molecule has 0 heterocycles. The highest BCUT2D eigenvalue weighted by Crippen LogP contribution is 2.53. The monoisotopic (exact) mass is 741 g/mol. The summed E-state index contributed by atoms with van der Waals surface area (Å²) in [5.74, 6) is 0. The Balaban J connectivity index is 1.20. The normalized spacial score (nSPS) is 12.4. The predicted molar refractivity (Wildman–Crippen MR) is 246 cm³/mol. The molecule has 9 aromatic rings. The van der Waals surface area contributed by atoms with Gasteiger partial charge in [0.25, 0.3) is 0 Å². The van der Waals surface area contributed by atoms with Crippen molar-refractivity contribution in [1.29, 1.82) is 0 Å². The molecule has 0 spiro atoms. The zero-order chi connectivity index (χ0) is 39.1. The highest BCUT2D eigenvalue weighted by molar-refractivity contribution is 6.01. The Morgan fingerprint density at radius 1 is 0.276 bits per heavy atom. The molecule has 1 heteroatoms. The van der Waals surface area contributed by atoms with Gasteiger partial charge in [-0.15, -0.1) is 0 Å². The third-order valence-electron chi connectivity index (χ3n) is 11.9. The van der Waals surface area contributed by atoms with Crippen LogP contribution in [0.2, 0.25) is 0 Å². The second-order valence-corrected chi connectivity index (χ2v) is 15.7. The number of rotatable bonds is 8. The van der Waals surface area contributed by atoms with Crippen LogP contribution in [-0.2, 0) is 5.41 Å². The summed E-state index contributed by atoms with van der Waals surface area (Å²) in [7, 11) is 0. The Morgan fingerprint density at radius 2 is 0.655 bits per heavy atom. The van der Waals surface area contributed by atoms with Gasteiger partial charge >= 0.3 is 0 Å². The van der Waals surface area contributed by atoms with Gasteiger partial charge in [0.05, 0.1) is 5.69 Å². The summed E-state index contributed by atoms with van der Waals surface area (Å²) < 4.78 is 0. The highest BCUT2D eigenvalue weighted by atomic mass is 15.1. The first kappa shape index (κ1) is 35.2. The summed E-state index contributed by atoms with van der Waals surface area (Å²) in [6.45, 7) is 4.73. The maximum absolute atomic E-state index is 2.50. The summed E-state index contributed by atoms with van der Waals surface area (Å²) in [6.07, 6.45) is 0. The fourth-order valence-corrected chi connectivity index (χ4v) is 8.88. The highest BCUT2D eigenvalue weighted by Gasteiger charge is 2.36. The number of benzene rings is 9. The minimum atomic E-state index is -0.148. The molecular formula is C57H43N. The van der Waals surface area contributed by atoms with Crippen LogP contribution in [0.5, 0.6) is 0 Å². The van der Waals surface area contributed by atoms with E-state index in [1.54, 1.807) is 0 Å². The van der Waals surface area contributed by atoms with Crippen molar-refractivity contribution in [2.45, 2.75) is 19.3 Å². The van der Waals surface area contributed by atoms with Crippen molar-refractivity contribution < 1.29 is 0 Å². The van der Waals surface area contributed by atoms with Gasteiger partial charge in [0.2, 0.25) is 0 Å². The van der Waals surface area contributed by atoms with Gasteiger partial charge in [-0.1, -0.05) is 202 Å². The van der Waals surface area contributed by atoms with E-state index >= 15 is 0 Å². The summed E-state index contributed by atoms with van der Waals surface area (Å²) in [5.41, 5.74) is 20.4. The van der Waals surface area contributed by atoms with Crippen LogP contribution in [0.4, 0.5) is 17.1 Å². The van der Waals surface area contributed by atoms with E-state index in [1.807, 2.05) is 0 Å². The van der Waals surface area contributed by atoms with Crippen molar-refractivity contribution in [3.8, 4) is 66.8 Å². The maximum Gasteiger partial charge on any atom is 0.0618 e. The largest absolute Gasteiger partial charge is 0.309 e. The molecule has 0 atom stereocenters. The lowest BCUT2D eigenvalue weighted by atomic mass is 9.82. The van der Waals surface area contributed by atoms with Crippen molar-refractivity contribution >= 4 is 17.1 Å². The van der Waals surface area contributed by atoms with Crippen LogP contribution < -0.4 is 4.90 Å². The molecule has 0 saturated heterocycles. The lowest BCUT2D eigenvalue weighted by molar-refractivity contribution is 0.660. The molecule has 0 bridgehead atoms. The van der Waals surface area contributed by atoms with Crippen LogP contribution >= 0.6 is 0 Å². The van der Waals surface area contributed by atoms with Crippen LogP contribution in [0.25, 0.3) is 66.8 Å². The fraction of sp³-hybridized carbons (Fsp3) is 0.0526. The molecule has 0 aliphatic heterocycles. The number of hydrogen-bond donors (Lipinski definition) is 0. The van der Waals surface area contributed by atoms with Crippen molar-refractivity contribution in [3.05, 3.63) is 236 Å². The van der Waals surface area contributed by atoms with Crippen molar-refractivity contribution in [3.63, 3.8) is 0 Å². The van der Waals surface area contributed by atoms with Crippen molar-refractivity contribution in [2.24, 2.45) is 0 Å². The van der Waals surface area contributed by atoms with Gasteiger partial charge in [-0.2, -0.15) is 0 Å². The molecule has 0 N–H and O–H groups in total. The quantitative estimate of drug-likeness (QED) is 0.150. The number of hydrogen-bond acceptors (Lipinski definition) is 1. The third-order valence-corrected chi connectivity index (χ3v) is 11.9. The second kappa shape index (κ2) is 14.7. The van der Waals surface area contributed by atoms with Gasteiger partial charge < -0.3 is 4.90 Å². The van der Waals surface area contributed by atoms with Gasteiger partial charge in [-0.3, -0.25) is 0 Å². The van der Waals surface area contributed by atoms with E-state index in [4.69, 9.17) is 0 Å². The van der Waals surface area contributed by atoms with E-state index in [2.05, 4.69) is 243 Å². The van der Waals surface area contributed by atoms with Gasteiger partial charge in [0, 0.05) is 27.9 Å². The van der Waals surface area contributed by atoms with Crippen molar-refractivity contribution in [2.75, 3.05) is 4.90 Å². The number of nitrogens with zero attached hydrogens (tertiary/aromatic N) is 1. The Labute approximate surface area is 342 Å². The molecule has 0 radical (unpaired) electrons. The van der Waals surface area contributed by atoms with E-state index in [1.165, 1.54) is 77.9 Å². The molecule has 0 unspecified atom stereocenters. The molecule has 9 aromatic carbocycles. The van der Waals surface area contributed by atoms with E-state index in [0.29, 0.717) is 0 Å². The Kier molecular flexibility index (Phi) is 8.92. The average molecular weight is 742 g/mol. The molecule has 276 valence electrons. The molecule has 0 aromatic heterocycles. The average Bonchev–Trinajstić information content (AvgIpc) is 3.53. The standard InChI is InChI=1S/C57H43N/c1-57(2)54-26-16-15-25-50(54)51-36-35-49(39-55(51)57)58(48-33-31-44(32-34-48)43-29-27-42(28-30-43)40-17-7-3-8-18-40)56-52(45-21-11-5-12-22-45)37-47(41-19-9-4-10-20-41)38-53(56)46-23-13-6-14-24-46/h3-39H,1-2H3. The number of anilines is 3. The first-order valence-corrected chi connectivity index (χ1v) is 20.2. The molecule has 1 aliphatic rings. The Morgan fingerprint density at radius 3 is 1.17 bits per heavy atom. The van der Waals surface area contributed by atoms with Gasteiger partial charge in [0.15, 0.2) is 0 Å². The lowest BCUT2D eigenvalue weighted by Gasteiger charge is -2.32. The molecule has 10 rings (SSSR count). The second-order valence-electron chi connectivity index (χ2n) is 15.7. The first-order chi connectivity index (χ1) is 28.5. The first-order valence-electron chi connectivity index (χ1n) is 20.2. The molecular weight excluding hydrogens is 699 g/mol. The van der Waals surface area contributed by atoms with Crippen LogP contribution in [0.15, 0.2) is 224 Å². The van der Waals surface area contributed by atoms with Gasteiger partial charge in [-0.05, 0) is 103 Å². The minimum absolute atomic E-state index is 0.148. The van der Waals surface area contributed by atoms with Crippen LogP contribution in [0, 0.1) is 0 Å². The summed E-state index contributed by atoms with van der Waals surface area (Å²) >= 11 is 0. The lowest BCUT2D eigenvalue weighted by Crippen LogP contribution is -2.17. The summed E-state index contributed by atoms with van der Waals surface area (Å²) in [6, 6.07) is 81.9. The van der Waals surface area contributed by atoms with E-state index in [0.717, 1.165) is 17.1 Å². The van der Waals surface area contributed by atoms with Crippen molar-refractivity contribution in [1.82, 2.24) is 0 Å². The van der Waals surface area contributed by atoms with Gasteiger partial charge in [-0.25, -0.2) is 0 Å². The zero-order valence-corrected chi connectivity index (χ0v) is 32.8. The zero-order valence-electron chi connectivity index (χ0n) is 32.8. The Bertz CT molecular complexity index is 2800. The van der Waals surface area contributed by atoms with E-state index in [9.17, 15) is 0 Å². The SMILES string of the molecule is CC1(C)c2ccccc2-c2ccc(N(c3ccc(-c4ccc(-c5ccccc5)cc4)cc3)c3c(-c4ccccc4)cc(-c4ccccc4)cc3-c3ccccc3)cc21. The fourth-order valence-electron chi connectivity index (χ4n) is 8.88. The topological polar surface area (TPSA) is 3.24 Å². The molecule has 1 aliphatic carbocycles. The summed E-state index contributed by atoms with van der Waals surface area (Å²) in [5, 5.41) is 0. The van der Waals surface area contributed by atoms with Crippen LogP contribution in [0.3, 0.4) is 0 Å². The summed E-state index contributed by atoms with van der Waals surface area (Å²) in [4.78, 5) is 2.50.